The zero-order valence-electron chi connectivity index (χ0n) is 16.5. The molecule has 0 heterocycles. The fraction of sp³-hybridized carbons (Fsp3) is 0.125. The molecule has 0 aliphatic heterocycles. The lowest BCUT2D eigenvalue weighted by Gasteiger charge is -2.14. The molecular weight excluding hydrogens is 380 g/mol. The number of carbonyl (C=O) groups is 3. The van der Waals surface area contributed by atoms with Crippen LogP contribution in [0.1, 0.15) is 22.8 Å². The van der Waals surface area contributed by atoms with Crippen molar-refractivity contribution in [1.29, 1.82) is 0 Å². The van der Waals surface area contributed by atoms with E-state index in [0.29, 0.717) is 5.56 Å². The van der Waals surface area contributed by atoms with Gasteiger partial charge in [0.15, 0.2) is 6.10 Å². The number of amides is 2. The van der Waals surface area contributed by atoms with Crippen molar-refractivity contribution in [3.63, 3.8) is 0 Å². The van der Waals surface area contributed by atoms with Crippen LogP contribution >= 0.6 is 0 Å². The Hall–Kier alpha value is -3.93. The van der Waals surface area contributed by atoms with E-state index in [1.54, 1.807) is 30.3 Å². The second-order valence-electron chi connectivity index (χ2n) is 6.68. The highest BCUT2D eigenvalue weighted by molar-refractivity contribution is 5.95. The summed E-state index contributed by atoms with van der Waals surface area (Å²) < 4.78 is 5.17. The maximum absolute atomic E-state index is 12.2. The molecular formula is C24H22N2O4. The van der Waals surface area contributed by atoms with Crippen LogP contribution in [0.3, 0.4) is 0 Å². The Bertz CT molecular complexity index is 1000. The number of carbonyl (C=O) groups excluding carboxylic acids is 3. The van der Waals surface area contributed by atoms with Crippen LogP contribution in [-0.2, 0) is 20.7 Å². The van der Waals surface area contributed by atoms with Crippen LogP contribution in [0.4, 0.5) is 0 Å². The highest BCUT2D eigenvalue weighted by Gasteiger charge is 2.18. The standard InChI is InChI=1S/C24H22N2O4/c1-17(23(28)25-26-24(29)21-10-6-3-7-11-21)30-22(27)16-18-12-14-20(15-13-18)19-8-4-2-5-9-19/h2-15,17H,16H2,1H3,(H,25,28)(H,26,29)/t17-/m0/s1. The Morgan fingerprint density at radius 1 is 0.767 bits per heavy atom. The van der Waals surface area contributed by atoms with E-state index < -0.39 is 23.9 Å². The number of rotatable bonds is 6. The van der Waals surface area contributed by atoms with E-state index in [1.807, 2.05) is 54.6 Å². The van der Waals surface area contributed by atoms with Gasteiger partial charge in [-0.15, -0.1) is 0 Å². The first-order valence-corrected chi connectivity index (χ1v) is 9.52. The molecule has 2 amide bonds. The minimum Gasteiger partial charge on any atom is -0.452 e. The first-order valence-electron chi connectivity index (χ1n) is 9.52. The second kappa shape index (κ2) is 10.0. The molecule has 0 radical (unpaired) electrons. The van der Waals surface area contributed by atoms with Crippen molar-refractivity contribution >= 4 is 17.8 Å². The van der Waals surface area contributed by atoms with Crippen LogP contribution in [0, 0.1) is 0 Å². The van der Waals surface area contributed by atoms with Gasteiger partial charge in [-0.2, -0.15) is 0 Å². The molecule has 6 nitrogen and oxygen atoms in total. The van der Waals surface area contributed by atoms with Crippen molar-refractivity contribution < 1.29 is 19.1 Å². The normalized spacial score (nSPS) is 11.2. The fourth-order valence-electron chi connectivity index (χ4n) is 2.79. The van der Waals surface area contributed by atoms with Gasteiger partial charge in [-0.1, -0.05) is 72.8 Å². The number of hydrogen-bond donors (Lipinski definition) is 2. The molecule has 0 bridgehead atoms. The minimum atomic E-state index is -1.04. The van der Waals surface area contributed by atoms with Crippen molar-refractivity contribution in [2.45, 2.75) is 19.4 Å². The van der Waals surface area contributed by atoms with Crippen LogP contribution in [0.5, 0.6) is 0 Å². The number of nitrogens with one attached hydrogen (secondary N) is 2. The fourth-order valence-corrected chi connectivity index (χ4v) is 2.79. The number of ether oxygens (including phenoxy) is 1. The summed E-state index contributed by atoms with van der Waals surface area (Å²) in [5, 5.41) is 0. The average Bonchev–Trinajstić information content (AvgIpc) is 2.78. The molecule has 0 aliphatic rings. The molecule has 0 aliphatic carbocycles. The summed E-state index contributed by atoms with van der Waals surface area (Å²) in [6.45, 7) is 1.44. The van der Waals surface area contributed by atoms with Crippen molar-refractivity contribution in [2.75, 3.05) is 0 Å². The molecule has 0 saturated carbocycles. The van der Waals surface area contributed by atoms with Crippen molar-refractivity contribution in [3.8, 4) is 11.1 Å². The van der Waals surface area contributed by atoms with Crippen LogP contribution in [-0.4, -0.2) is 23.9 Å². The van der Waals surface area contributed by atoms with Crippen molar-refractivity contribution in [3.05, 3.63) is 96.1 Å². The van der Waals surface area contributed by atoms with E-state index in [4.69, 9.17) is 4.74 Å². The van der Waals surface area contributed by atoms with Crippen LogP contribution in [0.15, 0.2) is 84.9 Å². The highest BCUT2D eigenvalue weighted by atomic mass is 16.5. The SMILES string of the molecule is C[C@H](OC(=O)Cc1ccc(-c2ccccc2)cc1)C(=O)NNC(=O)c1ccccc1. The molecule has 3 aromatic carbocycles. The van der Waals surface area contributed by atoms with Crippen molar-refractivity contribution in [1.82, 2.24) is 10.9 Å². The third-order valence-corrected chi connectivity index (χ3v) is 4.42. The largest absolute Gasteiger partial charge is 0.452 e. The van der Waals surface area contributed by atoms with E-state index >= 15 is 0 Å². The van der Waals surface area contributed by atoms with E-state index in [0.717, 1.165) is 16.7 Å². The molecule has 0 saturated heterocycles. The summed E-state index contributed by atoms with van der Waals surface area (Å²) in [5.41, 5.74) is 7.88. The van der Waals surface area contributed by atoms with E-state index in [2.05, 4.69) is 10.9 Å². The van der Waals surface area contributed by atoms with Gasteiger partial charge >= 0.3 is 5.97 Å². The number of hydrogen-bond acceptors (Lipinski definition) is 4. The monoisotopic (exact) mass is 402 g/mol. The number of hydrazine groups is 1. The van der Waals surface area contributed by atoms with Crippen LogP contribution in [0.25, 0.3) is 11.1 Å². The maximum Gasteiger partial charge on any atom is 0.311 e. The molecule has 0 fully saturated rings. The molecule has 30 heavy (non-hydrogen) atoms. The van der Waals surface area contributed by atoms with Gasteiger partial charge in [-0.3, -0.25) is 25.2 Å². The van der Waals surface area contributed by atoms with Gasteiger partial charge in [0, 0.05) is 5.56 Å². The number of benzene rings is 3. The first kappa shape index (κ1) is 20.8. The molecule has 2 N–H and O–H groups in total. The summed E-state index contributed by atoms with van der Waals surface area (Å²) in [4.78, 5) is 36.1. The van der Waals surface area contributed by atoms with Crippen LogP contribution in [0.2, 0.25) is 0 Å². The second-order valence-corrected chi connectivity index (χ2v) is 6.68. The zero-order chi connectivity index (χ0) is 21.3. The molecule has 3 aromatic rings. The molecule has 6 heteroatoms. The van der Waals surface area contributed by atoms with Gasteiger partial charge in [-0.05, 0) is 35.7 Å². The van der Waals surface area contributed by atoms with Gasteiger partial charge in [0.1, 0.15) is 0 Å². The third kappa shape index (κ3) is 5.78. The lowest BCUT2D eigenvalue weighted by atomic mass is 10.0. The Balaban J connectivity index is 1.47. The zero-order valence-corrected chi connectivity index (χ0v) is 16.5. The quantitative estimate of drug-likeness (QED) is 0.490. The molecule has 3 rings (SSSR count). The maximum atomic E-state index is 12.2. The summed E-state index contributed by atoms with van der Waals surface area (Å²) in [6, 6.07) is 26.0. The Morgan fingerprint density at radius 2 is 1.33 bits per heavy atom. The molecule has 0 aromatic heterocycles. The van der Waals surface area contributed by atoms with E-state index in [1.165, 1.54) is 6.92 Å². The Labute approximate surface area is 174 Å². The predicted molar refractivity (Wildman–Crippen MR) is 113 cm³/mol. The Kier molecular flexibility index (Phi) is 6.95. The smallest absolute Gasteiger partial charge is 0.311 e. The van der Waals surface area contributed by atoms with Gasteiger partial charge in [0.2, 0.25) is 0 Å². The molecule has 0 spiro atoms. The van der Waals surface area contributed by atoms with E-state index in [9.17, 15) is 14.4 Å². The van der Waals surface area contributed by atoms with Gasteiger partial charge in [-0.25, -0.2) is 0 Å². The Morgan fingerprint density at radius 3 is 1.97 bits per heavy atom. The molecule has 1 atom stereocenters. The van der Waals surface area contributed by atoms with Crippen molar-refractivity contribution in [2.24, 2.45) is 0 Å². The number of esters is 1. The van der Waals surface area contributed by atoms with Crippen LogP contribution < -0.4 is 10.9 Å². The topological polar surface area (TPSA) is 84.5 Å². The summed E-state index contributed by atoms with van der Waals surface area (Å²) in [5.74, 6) is -1.60. The predicted octanol–water partition coefficient (Wildman–Crippen LogP) is 3.29. The summed E-state index contributed by atoms with van der Waals surface area (Å²) in [7, 11) is 0. The first-order chi connectivity index (χ1) is 14.5. The van der Waals surface area contributed by atoms with Gasteiger partial charge < -0.3 is 4.74 Å². The summed E-state index contributed by atoms with van der Waals surface area (Å²) >= 11 is 0. The van der Waals surface area contributed by atoms with Gasteiger partial charge in [0.05, 0.1) is 6.42 Å². The highest BCUT2D eigenvalue weighted by Crippen LogP contribution is 2.19. The summed E-state index contributed by atoms with van der Waals surface area (Å²) in [6.07, 6.45) is -1.000. The molecule has 0 unspecified atom stereocenters. The minimum absolute atomic E-state index is 0.0447. The average molecular weight is 402 g/mol. The molecule has 152 valence electrons. The lowest BCUT2D eigenvalue weighted by Crippen LogP contribution is -2.46. The van der Waals surface area contributed by atoms with E-state index in [-0.39, 0.29) is 6.42 Å². The lowest BCUT2D eigenvalue weighted by molar-refractivity contribution is -0.154. The van der Waals surface area contributed by atoms with Gasteiger partial charge in [0.25, 0.3) is 11.8 Å². The third-order valence-electron chi connectivity index (χ3n) is 4.42.